The molecule has 0 unspecified atom stereocenters. The van der Waals surface area contributed by atoms with E-state index in [-0.39, 0.29) is 25.0 Å². The van der Waals surface area contributed by atoms with Gasteiger partial charge in [0.25, 0.3) is 5.91 Å². The van der Waals surface area contributed by atoms with Gasteiger partial charge in [0.15, 0.2) is 0 Å². The van der Waals surface area contributed by atoms with Crippen molar-refractivity contribution in [3.05, 3.63) is 0 Å². The Morgan fingerprint density at radius 1 is 1.50 bits per heavy atom. The summed E-state index contributed by atoms with van der Waals surface area (Å²) in [5, 5.41) is 0. The largest absolute Gasteiger partial charge is 0.368 e. The first-order valence-corrected chi connectivity index (χ1v) is 4.32. The Morgan fingerprint density at radius 2 is 2.07 bits per heavy atom. The minimum absolute atomic E-state index is 0.0315. The molecule has 1 fully saturated rings. The number of amides is 4. The zero-order chi connectivity index (χ0) is 10.9. The highest BCUT2D eigenvalue weighted by Gasteiger charge is 2.37. The number of rotatable bonds is 3. The van der Waals surface area contributed by atoms with Crippen LogP contribution in [0.25, 0.3) is 0 Å². The van der Waals surface area contributed by atoms with Gasteiger partial charge in [-0.1, -0.05) is 0 Å². The summed E-state index contributed by atoms with van der Waals surface area (Å²) in [5.41, 5.74) is 4.91. The number of carbonyl (C=O) groups is 3. The molecule has 0 saturated carbocycles. The number of primary amides is 1. The van der Waals surface area contributed by atoms with Gasteiger partial charge < -0.3 is 10.6 Å². The van der Waals surface area contributed by atoms with Gasteiger partial charge in [-0.25, -0.2) is 4.79 Å². The molecule has 0 atom stereocenters. The van der Waals surface area contributed by atoms with Gasteiger partial charge in [-0.15, -0.1) is 0 Å². The van der Waals surface area contributed by atoms with Crippen molar-refractivity contribution in [3.8, 4) is 0 Å². The summed E-state index contributed by atoms with van der Waals surface area (Å²) in [5.74, 6) is -1.06. The van der Waals surface area contributed by atoms with E-state index in [0.29, 0.717) is 0 Å². The fraction of sp³-hybridized carbons (Fsp3) is 0.625. The van der Waals surface area contributed by atoms with Gasteiger partial charge in [0.05, 0.1) is 0 Å². The average Bonchev–Trinajstić information content (AvgIpc) is 2.31. The van der Waals surface area contributed by atoms with E-state index in [1.807, 2.05) is 0 Å². The molecule has 2 N–H and O–H groups in total. The van der Waals surface area contributed by atoms with E-state index in [1.54, 1.807) is 13.8 Å². The van der Waals surface area contributed by atoms with Gasteiger partial charge >= 0.3 is 6.03 Å². The molecule has 0 aromatic rings. The molecule has 0 spiro atoms. The van der Waals surface area contributed by atoms with Crippen LogP contribution >= 0.6 is 0 Å². The zero-order valence-electron chi connectivity index (χ0n) is 8.19. The maximum Gasteiger partial charge on any atom is 0.327 e. The molecule has 1 saturated heterocycles. The molecule has 0 aliphatic carbocycles. The summed E-state index contributed by atoms with van der Waals surface area (Å²) in [6.07, 6.45) is 0. The maximum atomic E-state index is 11.5. The van der Waals surface area contributed by atoms with Gasteiger partial charge in [-0.05, 0) is 13.8 Å². The first-order valence-electron chi connectivity index (χ1n) is 4.32. The Balaban J connectivity index is 2.75. The van der Waals surface area contributed by atoms with Crippen LogP contribution in [0.5, 0.6) is 0 Å². The minimum atomic E-state index is -0.683. The molecule has 0 aromatic carbocycles. The third-order valence-corrected chi connectivity index (χ3v) is 2.02. The topological polar surface area (TPSA) is 83.7 Å². The standard InChI is InChI=1S/C8H13N3O3/c1-5(2)10-4-7(13)11(8(10)14)3-6(9)12/h5H,3-4H2,1-2H3,(H2,9,12). The Morgan fingerprint density at radius 3 is 2.43 bits per heavy atom. The molecule has 4 amide bonds. The van der Waals surface area contributed by atoms with Crippen molar-refractivity contribution in [1.29, 1.82) is 0 Å². The molecule has 6 nitrogen and oxygen atoms in total. The van der Waals surface area contributed by atoms with Crippen LogP contribution in [0.4, 0.5) is 4.79 Å². The van der Waals surface area contributed by atoms with Crippen molar-refractivity contribution in [3.63, 3.8) is 0 Å². The lowest BCUT2D eigenvalue weighted by molar-refractivity contribution is -0.129. The van der Waals surface area contributed by atoms with Crippen molar-refractivity contribution in [2.24, 2.45) is 5.73 Å². The van der Waals surface area contributed by atoms with Crippen molar-refractivity contribution in [1.82, 2.24) is 9.80 Å². The Kier molecular flexibility index (Phi) is 2.73. The number of hydrogen-bond acceptors (Lipinski definition) is 3. The molecule has 1 aliphatic heterocycles. The van der Waals surface area contributed by atoms with Crippen molar-refractivity contribution >= 4 is 17.8 Å². The molecule has 0 aromatic heterocycles. The summed E-state index contributed by atoms with van der Waals surface area (Å²) < 4.78 is 0. The van der Waals surface area contributed by atoms with E-state index in [0.717, 1.165) is 4.90 Å². The number of urea groups is 1. The molecule has 0 radical (unpaired) electrons. The van der Waals surface area contributed by atoms with E-state index in [9.17, 15) is 14.4 Å². The fourth-order valence-corrected chi connectivity index (χ4v) is 1.28. The molecule has 1 aliphatic rings. The number of carbonyl (C=O) groups excluding carboxylic acids is 3. The van der Waals surface area contributed by atoms with Gasteiger partial charge in [0.1, 0.15) is 13.1 Å². The normalized spacial score (nSPS) is 17.1. The monoisotopic (exact) mass is 199 g/mol. The number of nitrogens with zero attached hydrogens (tertiary/aromatic N) is 2. The molecule has 1 rings (SSSR count). The zero-order valence-corrected chi connectivity index (χ0v) is 8.19. The van der Waals surface area contributed by atoms with Crippen molar-refractivity contribution in [2.75, 3.05) is 13.1 Å². The summed E-state index contributed by atoms with van der Waals surface area (Å²) in [6, 6.07) is -0.492. The number of hydrogen-bond donors (Lipinski definition) is 1. The summed E-state index contributed by atoms with van der Waals surface area (Å²) in [6.45, 7) is 3.31. The van der Waals surface area contributed by atoms with Crippen LogP contribution in [-0.2, 0) is 9.59 Å². The van der Waals surface area contributed by atoms with Crippen LogP contribution in [0.15, 0.2) is 0 Å². The molecular weight excluding hydrogens is 186 g/mol. The summed E-state index contributed by atoms with van der Waals surface area (Å²) >= 11 is 0. The predicted molar refractivity (Wildman–Crippen MR) is 48.1 cm³/mol. The Hall–Kier alpha value is -1.59. The van der Waals surface area contributed by atoms with E-state index in [4.69, 9.17) is 5.73 Å². The van der Waals surface area contributed by atoms with Crippen LogP contribution < -0.4 is 5.73 Å². The molecule has 14 heavy (non-hydrogen) atoms. The maximum absolute atomic E-state index is 11.5. The lowest BCUT2D eigenvalue weighted by Crippen LogP contribution is -2.40. The van der Waals surface area contributed by atoms with Crippen LogP contribution in [-0.4, -0.2) is 46.8 Å². The predicted octanol–water partition coefficient (Wildman–Crippen LogP) is -0.856. The number of nitrogens with two attached hydrogens (primary N) is 1. The first-order chi connectivity index (χ1) is 6.43. The van der Waals surface area contributed by atoms with E-state index in [2.05, 4.69) is 0 Å². The minimum Gasteiger partial charge on any atom is -0.368 e. The van der Waals surface area contributed by atoms with Gasteiger partial charge in [0.2, 0.25) is 5.91 Å². The van der Waals surface area contributed by atoms with E-state index >= 15 is 0 Å². The fourth-order valence-electron chi connectivity index (χ4n) is 1.28. The SMILES string of the molecule is CC(C)N1CC(=O)N(CC(N)=O)C1=O. The van der Waals surface area contributed by atoms with Crippen LogP contribution in [0, 0.1) is 0 Å². The Bertz CT molecular complexity index is 288. The summed E-state index contributed by atoms with van der Waals surface area (Å²) in [4.78, 5) is 35.7. The third-order valence-electron chi connectivity index (χ3n) is 2.02. The third kappa shape index (κ3) is 1.84. The van der Waals surface area contributed by atoms with Gasteiger partial charge in [-0.2, -0.15) is 0 Å². The average molecular weight is 199 g/mol. The highest BCUT2D eigenvalue weighted by atomic mass is 16.2. The second kappa shape index (κ2) is 3.65. The highest BCUT2D eigenvalue weighted by Crippen LogP contribution is 2.12. The lowest BCUT2D eigenvalue weighted by Gasteiger charge is -2.19. The quantitative estimate of drug-likeness (QED) is 0.600. The summed E-state index contributed by atoms with van der Waals surface area (Å²) in [7, 11) is 0. The number of imide groups is 1. The van der Waals surface area contributed by atoms with Gasteiger partial charge in [0, 0.05) is 6.04 Å². The van der Waals surface area contributed by atoms with Crippen LogP contribution in [0.2, 0.25) is 0 Å². The van der Waals surface area contributed by atoms with Crippen molar-refractivity contribution in [2.45, 2.75) is 19.9 Å². The molecule has 6 heteroatoms. The highest BCUT2D eigenvalue weighted by molar-refractivity contribution is 6.04. The molecule has 0 bridgehead atoms. The van der Waals surface area contributed by atoms with Crippen molar-refractivity contribution < 1.29 is 14.4 Å². The molecule has 1 heterocycles. The van der Waals surface area contributed by atoms with Crippen LogP contribution in [0.1, 0.15) is 13.8 Å². The first kappa shape index (κ1) is 10.5. The Labute approximate surface area is 81.6 Å². The van der Waals surface area contributed by atoms with E-state index < -0.39 is 11.9 Å². The molecular formula is C8H13N3O3. The van der Waals surface area contributed by atoms with Gasteiger partial charge in [-0.3, -0.25) is 14.5 Å². The van der Waals surface area contributed by atoms with Crippen LogP contribution in [0.3, 0.4) is 0 Å². The molecule has 78 valence electrons. The van der Waals surface area contributed by atoms with E-state index in [1.165, 1.54) is 4.90 Å². The lowest BCUT2D eigenvalue weighted by atomic mass is 10.3. The second-order valence-corrected chi connectivity index (χ2v) is 3.45. The smallest absolute Gasteiger partial charge is 0.327 e. The second-order valence-electron chi connectivity index (χ2n) is 3.45.